The van der Waals surface area contributed by atoms with Gasteiger partial charge < -0.3 is 0 Å². The summed E-state index contributed by atoms with van der Waals surface area (Å²) in [6.45, 7) is 0. The number of halogens is 4. The molecule has 8 heteroatoms. The molecule has 0 aliphatic carbocycles. The van der Waals surface area contributed by atoms with Crippen LogP contribution in [-0.4, -0.2) is 8.42 Å². The predicted molar refractivity (Wildman–Crippen MR) is 71.3 cm³/mol. The van der Waals surface area contributed by atoms with Crippen LogP contribution in [0.25, 0.3) is 0 Å². The zero-order valence-corrected chi connectivity index (χ0v) is 12.1. The SMILES string of the molecule is O=S(=O)(Nc1cc(F)c(F)c(F)c1)c1ccccc1Br. The Bertz CT molecular complexity index is 742. The fraction of sp³-hybridized carbons (Fsp3) is 0. The molecule has 20 heavy (non-hydrogen) atoms. The molecule has 0 amide bonds. The summed E-state index contributed by atoms with van der Waals surface area (Å²) in [6, 6.07) is 7.04. The fourth-order valence-corrected chi connectivity index (χ4v) is 3.53. The smallest absolute Gasteiger partial charge is 0.263 e. The molecule has 2 aromatic rings. The largest absolute Gasteiger partial charge is 0.279 e. The van der Waals surface area contributed by atoms with Gasteiger partial charge in [-0.3, -0.25) is 4.72 Å². The van der Waals surface area contributed by atoms with E-state index in [-0.39, 0.29) is 9.37 Å². The van der Waals surface area contributed by atoms with Crippen molar-refractivity contribution in [2.24, 2.45) is 0 Å². The standard InChI is InChI=1S/C12H7BrF3NO2S/c13-8-3-1-2-4-11(8)20(18,19)17-7-5-9(14)12(16)10(15)6-7/h1-6,17H. The third kappa shape index (κ3) is 2.96. The minimum Gasteiger partial charge on any atom is -0.279 e. The molecule has 106 valence electrons. The molecule has 2 aromatic carbocycles. The molecule has 0 heterocycles. The van der Waals surface area contributed by atoms with Gasteiger partial charge in [-0.2, -0.15) is 0 Å². The summed E-state index contributed by atoms with van der Waals surface area (Å²) >= 11 is 3.06. The van der Waals surface area contributed by atoms with Crippen LogP contribution in [-0.2, 0) is 10.0 Å². The molecule has 2 rings (SSSR count). The van der Waals surface area contributed by atoms with Crippen molar-refractivity contribution in [2.45, 2.75) is 4.90 Å². The van der Waals surface area contributed by atoms with Crippen molar-refractivity contribution >= 4 is 31.6 Å². The van der Waals surface area contributed by atoms with Crippen molar-refractivity contribution in [3.05, 3.63) is 58.3 Å². The van der Waals surface area contributed by atoms with Gasteiger partial charge in [0.05, 0.1) is 5.69 Å². The number of anilines is 1. The Morgan fingerprint density at radius 1 is 1.00 bits per heavy atom. The average molecular weight is 366 g/mol. The third-order valence-electron chi connectivity index (χ3n) is 2.36. The quantitative estimate of drug-likeness (QED) is 0.843. The second kappa shape index (κ2) is 5.45. The summed E-state index contributed by atoms with van der Waals surface area (Å²) in [6.07, 6.45) is 0. The van der Waals surface area contributed by atoms with E-state index in [1.54, 1.807) is 6.07 Å². The monoisotopic (exact) mass is 365 g/mol. The maximum Gasteiger partial charge on any atom is 0.263 e. The summed E-state index contributed by atoms with van der Waals surface area (Å²) in [7, 11) is -4.04. The highest BCUT2D eigenvalue weighted by molar-refractivity contribution is 9.10. The van der Waals surface area contributed by atoms with Crippen molar-refractivity contribution in [3.63, 3.8) is 0 Å². The van der Waals surface area contributed by atoms with Crippen molar-refractivity contribution in [1.82, 2.24) is 0 Å². The van der Waals surface area contributed by atoms with Gasteiger partial charge in [-0.15, -0.1) is 0 Å². The van der Waals surface area contributed by atoms with Gasteiger partial charge >= 0.3 is 0 Å². The van der Waals surface area contributed by atoms with E-state index >= 15 is 0 Å². The van der Waals surface area contributed by atoms with Crippen molar-refractivity contribution < 1.29 is 21.6 Å². The van der Waals surface area contributed by atoms with E-state index in [1.165, 1.54) is 18.2 Å². The van der Waals surface area contributed by atoms with Gasteiger partial charge in [0, 0.05) is 16.6 Å². The summed E-state index contributed by atoms with van der Waals surface area (Å²) < 4.78 is 65.2. The van der Waals surface area contributed by atoms with E-state index in [0.29, 0.717) is 12.1 Å². The molecule has 0 radical (unpaired) electrons. The van der Waals surface area contributed by atoms with E-state index in [1.807, 2.05) is 4.72 Å². The Morgan fingerprint density at radius 2 is 1.55 bits per heavy atom. The van der Waals surface area contributed by atoms with Gasteiger partial charge in [-0.1, -0.05) is 12.1 Å². The zero-order chi connectivity index (χ0) is 14.9. The van der Waals surface area contributed by atoms with Crippen LogP contribution in [0.4, 0.5) is 18.9 Å². The lowest BCUT2D eigenvalue weighted by Crippen LogP contribution is -2.14. The lowest BCUT2D eigenvalue weighted by atomic mass is 10.3. The number of nitrogens with one attached hydrogen (secondary N) is 1. The van der Waals surface area contributed by atoms with Gasteiger partial charge in [0.2, 0.25) is 0 Å². The molecule has 0 fully saturated rings. The lowest BCUT2D eigenvalue weighted by Gasteiger charge is -2.10. The van der Waals surface area contributed by atoms with Crippen LogP contribution in [0.1, 0.15) is 0 Å². The van der Waals surface area contributed by atoms with Crippen LogP contribution in [0.5, 0.6) is 0 Å². The first-order valence-corrected chi connectivity index (χ1v) is 7.51. The molecule has 0 unspecified atom stereocenters. The van der Waals surface area contributed by atoms with Crippen LogP contribution in [0.2, 0.25) is 0 Å². The van der Waals surface area contributed by atoms with E-state index < -0.39 is 33.2 Å². The van der Waals surface area contributed by atoms with Gasteiger partial charge in [0.15, 0.2) is 17.5 Å². The molecule has 1 N–H and O–H groups in total. The third-order valence-corrected chi connectivity index (χ3v) is 4.76. The first kappa shape index (κ1) is 14.9. The number of sulfonamides is 1. The molecule has 0 saturated carbocycles. The van der Waals surface area contributed by atoms with Crippen molar-refractivity contribution in [2.75, 3.05) is 4.72 Å². The summed E-state index contributed by atoms with van der Waals surface area (Å²) in [5, 5.41) is 0. The van der Waals surface area contributed by atoms with Gasteiger partial charge in [-0.25, -0.2) is 21.6 Å². The van der Waals surface area contributed by atoms with Crippen LogP contribution >= 0.6 is 15.9 Å². The van der Waals surface area contributed by atoms with Crippen molar-refractivity contribution in [3.8, 4) is 0 Å². The molecular weight excluding hydrogens is 359 g/mol. The Morgan fingerprint density at radius 3 is 2.10 bits per heavy atom. The highest BCUT2D eigenvalue weighted by atomic mass is 79.9. The summed E-state index contributed by atoms with van der Waals surface area (Å²) in [5.74, 6) is -4.61. The second-order valence-corrected chi connectivity index (χ2v) is 6.29. The average Bonchev–Trinajstić information content (AvgIpc) is 2.35. The first-order chi connectivity index (χ1) is 9.31. The van der Waals surface area contributed by atoms with E-state index in [0.717, 1.165) is 0 Å². The topological polar surface area (TPSA) is 46.2 Å². The first-order valence-electron chi connectivity index (χ1n) is 5.23. The molecule has 0 aliphatic rings. The van der Waals surface area contributed by atoms with E-state index in [2.05, 4.69) is 15.9 Å². The number of benzene rings is 2. The molecule has 0 aliphatic heterocycles. The number of rotatable bonds is 3. The molecule has 0 aromatic heterocycles. The highest BCUT2D eigenvalue weighted by Gasteiger charge is 2.19. The lowest BCUT2D eigenvalue weighted by molar-refractivity contribution is 0.448. The highest BCUT2D eigenvalue weighted by Crippen LogP contribution is 2.25. The molecular formula is C12H7BrF3NO2S. The molecule has 0 bridgehead atoms. The van der Waals surface area contributed by atoms with Gasteiger partial charge in [-0.05, 0) is 28.1 Å². The normalized spacial score (nSPS) is 11.4. The van der Waals surface area contributed by atoms with Crippen molar-refractivity contribution in [1.29, 1.82) is 0 Å². The zero-order valence-electron chi connectivity index (χ0n) is 9.70. The van der Waals surface area contributed by atoms with Gasteiger partial charge in [0.25, 0.3) is 10.0 Å². The van der Waals surface area contributed by atoms with Crippen LogP contribution in [0, 0.1) is 17.5 Å². The van der Waals surface area contributed by atoms with E-state index in [4.69, 9.17) is 0 Å². The maximum atomic E-state index is 13.0. The van der Waals surface area contributed by atoms with E-state index in [9.17, 15) is 21.6 Å². The Balaban J connectivity index is 2.42. The summed E-state index contributed by atoms with van der Waals surface area (Å²) in [4.78, 5) is -0.106. The number of hydrogen-bond acceptors (Lipinski definition) is 2. The van der Waals surface area contributed by atoms with Gasteiger partial charge in [0.1, 0.15) is 4.90 Å². The van der Waals surface area contributed by atoms with Crippen LogP contribution in [0.15, 0.2) is 45.8 Å². The van der Waals surface area contributed by atoms with Crippen LogP contribution in [0.3, 0.4) is 0 Å². The fourth-order valence-electron chi connectivity index (χ4n) is 1.49. The number of hydrogen-bond donors (Lipinski definition) is 1. The molecule has 0 saturated heterocycles. The Hall–Kier alpha value is -1.54. The van der Waals surface area contributed by atoms with Crippen LogP contribution < -0.4 is 4.72 Å². The molecule has 3 nitrogen and oxygen atoms in total. The maximum absolute atomic E-state index is 13.0. The minimum atomic E-state index is -4.04. The predicted octanol–water partition coefficient (Wildman–Crippen LogP) is 3.67. The molecule has 0 spiro atoms. The molecule has 0 atom stereocenters. The summed E-state index contributed by atoms with van der Waals surface area (Å²) in [5.41, 5.74) is -0.405. The minimum absolute atomic E-state index is 0.106. The Kier molecular flexibility index (Phi) is 4.05. The second-order valence-electron chi connectivity index (χ2n) is 3.79. The Labute approximate surface area is 121 Å².